The molecule has 1 atom stereocenters. The Morgan fingerprint density at radius 3 is 2.40 bits per heavy atom. The summed E-state index contributed by atoms with van der Waals surface area (Å²) < 4.78 is 0. The van der Waals surface area contributed by atoms with Crippen LogP contribution in [0.4, 0.5) is 0 Å². The number of amides is 2. The predicted molar refractivity (Wildman–Crippen MR) is 126 cm³/mol. The number of aryl methyl sites for hydroxylation is 1. The van der Waals surface area contributed by atoms with Crippen LogP contribution in [-0.4, -0.2) is 34.0 Å². The molecular formula is C24H31ClN2O2S. The topological polar surface area (TPSA) is 49.4 Å². The molecule has 0 saturated heterocycles. The minimum absolute atomic E-state index is 0.0499. The number of halogens is 1. The van der Waals surface area contributed by atoms with Gasteiger partial charge in [0.15, 0.2) is 0 Å². The van der Waals surface area contributed by atoms with E-state index in [-0.39, 0.29) is 17.4 Å². The highest BCUT2D eigenvalue weighted by atomic mass is 35.5. The van der Waals surface area contributed by atoms with E-state index in [0.29, 0.717) is 23.7 Å². The molecule has 0 aliphatic heterocycles. The van der Waals surface area contributed by atoms with E-state index in [1.165, 1.54) is 5.56 Å². The minimum Gasteiger partial charge on any atom is -0.350 e. The molecule has 0 aliphatic carbocycles. The lowest BCUT2D eigenvalue weighted by Gasteiger charge is -2.31. The van der Waals surface area contributed by atoms with E-state index in [0.717, 1.165) is 10.5 Å². The van der Waals surface area contributed by atoms with Gasteiger partial charge in [-0.25, -0.2) is 0 Å². The van der Waals surface area contributed by atoms with Gasteiger partial charge in [0, 0.05) is 34.2 Å². The average Bonchev–Trinajstić information content (AvgIpc) is 2.65. The number of nitrogens with one attached hydrogen (secondary N) is 1. The molecule has 2 rings (SSSR count). The zero-order chi connectivity index (χ0) is 22.3. The summed E-state index contributed by atoms with van der Waals surface area (Å²) in [6.07, 6.45) is 0.353. The first-order valence-corrected chi connectivity index (χ1v) is 11.5. The number of hydrogen-bond acceptors (Lipinski definition) is 3. The normalized spacial score (nSPS) is 12.3. The van der Waals surface area contributed by atoms with Crippen LogP contribution >= 0.6 is 23.4 Å². The van der Waals surface area contributed by atoms with Gasteiger partial charge in [0.05, 0.1) is 0 Å². The summed E-state index contributed by atoms with van der Waals surface area (Å²) in [7, 11) is 0. The van der Waals surface area contributed by atoms with Gasteiger partial charge in [0.25, 0.3) is 0 Å². The molecule has 2 aromatic carbocycles. The van der Waals surface area contributed by atoms with Crippen LogP contribution in [-0.2, 0) is 16.1 Å². The molecule has 0 saturated carbocycles. The molecule has 6 heteroatoms. The van der Waals surface area contributed by atoms with E-state index in [9.17, 15) is 9.59 Å². The van der Waals surface area contributed by atoms with Gasteiger partial charge in [-0.2, -0.15) is 0 Å². The van der Waals surface area contributed by atoms with Crippen molar-refractivity contribution < 1.29 is 9.59 Å². The third kappa shape index (κ3) is 8.04. The molecule has 30 heavy (non-hydrogen) atoms. The van der Waals surface area contributed by atoms with Gasteiger partial charge in [-0.15, -0.1) is 11.8 Å². The van der Waals surface area contributed by atoms with Crippen LogP contribution in [0.15, 0.2) is 53.4 Å². The van der Waals surface area contributed by atoms with Crippen LogP contribution < -0.4 is 5.32 Å². The maximum Gasteiger partial charge on any atom is 0.242 e. The van der Waals surface area contributed by atoms with Crippen LogP contribution in [0.2, 0.25) is 5.02 Å². The van der Waals surface area contributed by atoms with Gasteiger partial charge in [-0.3, -0.25) is 9.59 Å². The van der Waals surface area contributed by atoms with Crippen LogP contribution in [0.3, 0.4) is 0 Å². The van der Waals surface area contributed by atoms with E-state index < -0.39 is 6.04 Å². The lowest BCUT2D eigenvalue weighted by atomic mass is 10.1. The fraction of sp³-hybridized carbons (Fsp3) is 0.417. The summed E-state index contributed by atoms with van der Waals surface area (Å²) in [4.78, 5) is 28.6. The summed E-state index contributed by atoms with van der Waals surface area (Å²) in [6, 6.07) is 15.1. The predicted octanol–water partition coefficient (Wildman–Crippen LogP) is 5.46. The smallest absolute Gasteiger partial charge is 0.242 e. The minimum atomic E-state index is -0.583. The Labute approximate surface area is 189 Å². The highest BCUT2D eigenvalue weighted by molar-refractivity contribution is 7.99. The molecule has 0 heterocycles. The lowest BCUT2D eigenvalue weighted by Crippen LogP contribution is -2.52. The van der Waals surface area contributed by atoms with Crippen LogP contribution in [0, 0.1) is 6.92 Å². The molecule has 2 amide bonds. The molecule has 0 spiro atoms. The van der Waals surface area contributed by atoms with Crippen molar-refractivity contribution >= 4 is 35.2 Å². The molecular weight excluding hydrogens is 416 g/mol. The molecule has 0 aromatic heterocycles. The maximum atomic E-state index is 13.1. The fourth-order valence-electron chi connectivity index (χ4n) is 2.92. The summed E-state index contributed by atoms with van der Waals surface area (Å²) in [5.74, 6) is 0.442. The van der Waals surface area contributed by atoms with Gasteiger partial charge in [-0.05, 0) is 64.4 Å². The largest absolute Gasteiger partial charge is 0.350 e. The monoisotopic (exact) mass is 446 g/mol. The standard InChI is InChI=1S/C24H31ClN2O2S/c1-17-9-11-21(12-10-17)30-14-13-22(28)27(16-19-7-6-8-20(25)15-19)18(2)23(29)26-24(3,4)5/h6-12,15,18H,13-14,16H2,1-5H3,(H,26,29). The van der Waals surface area contributed by atoms with E-state index >= 15 is 0 Å². The van der Waals surface area contributed by atoms with Gasteiger partial charge in [-0.1, -0.05) is 41.4 Å². The molecule has 4 nitrogen and oxygen atoms in total. The van der Waals surface area contributed by atoms with Crippen molar-refractivity contribution in [2.24, 2.45) is 0 Å². The number of rotatable bonds is 8. The molecule has 1 unspecified atom stereocenters. The second-order valence-corrected chi connectivity index (χ2v) is 10.1. The van der Waals surface area contributed by atoms with E-state index in [2.05, 4.69) is 36.5 Å². The quantitative estimate of drug-likeness (QED) is 0.547. The van der Waals surface area contributed by atoms with E-state index in [4.69, 9.17) is 11.6 Å². The molecule has 0 bridgehead atoms. The molecule has 0 radical (unpaired) electrons. The van der Waals surface area contributed by atoms with Crippen LogP contribution in [0.25, 0.3) is 0 Å². The summed E-state index contributed by atoms with van der Waals surface area (Å²) in [6.45, 7) is 9.95. The zero-order valence-electron chi connectivity index (χ0n) is 18.4. The Morgan fingerprint density at radius 1 is 1.13 bits per heavy atom. The van der Waals surface area contributed by atoms with E-state index in [1.807, 2.05) is 39.0 Å². The lowest BCUT2D eigenvalue weighted by molar-refractivity contribution is -0.140. The van der Waals surface area contributed by atoms with Gasteiger partial charge in [0.2, 0.25) is 11.8 Å². The highest BCUT2D eigenvalue weighted by Gasteiger charge is 2.28. The molecule has 162 valence electrons. The van der Waals surface area contributed by atoms with Crippen molar-refractivity contribution in [1.82, 2.24) is 10.2 Å². The molecule has 1 N–H and O–H groups in total. The first-order valence-electron chi connectivity index (χ1n) is 10.1. The molecule has 2 aromatic rings. The Balaban J connectivity index is 2.09. The second kappa shape index (κ2) is 10.9. The Bertz CT molecular complexity index is 862. The van der Waals surface area contributed by atoms with Gasteiger partial charge in [0.1, 0.15) is 6.04 Å². The fourth-order valence-corrected chi connectivity index (χ4v) is 3.98. The highest BCUT2D eigenvalue weighted by Crippen LogP contribution is 2.21. The number of benzene rings is 2. The van der Waals surface area contributed by atoms with Crippen molar-refractivity contribution in [3.63, 3.8) is 0 Å². The van der Waals surface area contributed by atoms with Crippen LogP contribution in [0.5, 0.6) is 0 Å². The SMILES string of the molecule is Cc1ccc(SCCC(=O)N(Cc2cccc(Cl)c2)C(C)C(=O)NC(C)(C)C)cc1. The summed E-state index contributed by atoms with van der Waals surface area (Å²) >= 11 is 7.76. The van der Waals surface area contributed by atoms with Crippen molar-refractivity contribution in [2.45, 2.75) is 64.1 Å². The molecule has 0 fully saturated rings. The number of hydrogen-bond donors (Lipinski definition) is 1. The number of nitrogens with zero attached hydrogens (tertiary/aromatic N) is 1. The Hall–Kier alpha value is -1.98. The van der Waals surface area contributed by atoms with Crippen molar-refractivity contribution in [3.8, 4) is 0 Å². The third-order valence-corrected chi connectivity index (χ3v) is 5.76. The van der Waals surface area contributed by atoms with E-state index in [1.54, 1.807) is 29.7 Å². The first-order chi connectivity index (χ1) is 14.0. The van der Waals surface area contributed by atoms with Crippen molar-refractivity contribution in [2.75, 3.05) is 5.75 Å². The number of thioether (sulfide) groups is 1. The Kier molecular flexibility index (Phi) is 8.80. The van der Waals surface area contributed by atoms with Gasteiger partial charge < -0.3 is 10.2 Å². The molecule has 0 aliphatic rings. The second-order valence-electron chi connectivity index (χ2n) is 8.48. The third-order valence-electron chi connectivity index (χ3n) is 4.51. The van der Waals surface area contributed by atoms with Crippen LogP contribution in [0.1, 0.15) is 45.2 Å². The van der Waals surface area contributed by atoms with Gasteiger partial charge >= 0.3 is 0 Å². The summed E-state index contributed by atoms with van der Waals surface area (Å²) in [5.41, 5.74) is 1.75. The summed E-state index contributed by atoms with van der Waals surface area (Å²) in [5, 5.41) is 3.59. The first kappa shape index (κ1) is 24.3. The zero-order valence-corrected chi connectivity index (χ0v) is 19.9. The number of carbonyl (C=O) groups is 2. The maximum absolute atomic E-state index is 13.1. The van der Waals surface area contributed by atoms with Crippen molar-refractivity contribution in [3.05, 3.63) is 64.7 Å². The average molecular weight is 447 g/mol. The van der Waals surface area contributed by atoms with Crippen molar-refractivity contribution in [1.29, 1.82) is 0 Å². The number of carbonyl (C=O) groups excluding carboxylic acids is 2. The Morgan fingerprint density at radius 2 is 1.80 bits per heavy atom.